The number of fused-ring (bicyclic) bond motifs is 1. The van der Waals surface area contributed by atoms with Gasteiger partial charge in [-0.25, -0.2) is 9.97 Å². The Kier molecular flexibility index (Phi) is 4.60. The highest BCUT2D eigenvalue weighted by molar-refractivity contribution is 6.05. The molecule has 1 aliphatic rings. The van der Waals surface area contributed by atoms with E-state index in [1.165, 1.54) is 11.1 Å². The summed E-state index contributed by atoms with van der Waals surface area (Å²) in [5.41, 5.74) is 3.73. The number of hydrogen-bond acceptors (Lipinski definition) is 4. The molecule has 5 heteroatoms. The van der Waals surface area contributed by atoms with Crippen LogP contribution < -0.4 is 10.2 Å². The maximum atomic E-state index is 12.9. The first-order valence-electron chi connectivity index (χ1n) is 8.81. The summed E-state index contributed by atoms with van der Waals surface area (Å²) in [4.78, 5) is 23.3. The van der Waals surface area contributed by atoms with Crippen LogP contribution in [0.25, 0.3) is 0 Å². The van der Waals surface area contributed by atoms with Gasteiger partial charge in [0.1, 0.15) is 11.5 Å². The highest BCUT2D eigenvalue weighted by Gasteiger charge is 2.24. The zero-order valence-corrected chi connectivity index (χ0v) is 14.4. The van der Waals surface area contributed by atoms with Crippen molar-refractivity contribution in [2.24, 2.45) is 0 Å². The van der Waals surface area contributed by atoms with Gasteiger partial charge in [0.15, 0.2) is 0 Å². The van der Waals surface area contributed by atoms with E-state index < -0.39 is 0 Å². The normalized spacial score (nSPS) is 13.2. The summed E-state index contributed by atoms with van der Waals surface area (Å²) in [7, 11) is 0. The summed E-state index contributed by atoms with van der Waals surface area (Å²) >= 11 is 0. The van der Waals surface area contributed by atoms with Gasteiger partial charge >= 0.3 is 0 Å². The minimum absolute atomic E-state index is 0.0979. The van der Waals surface area contributed by atoms with E-state index in [9.17, 15) is 4.79 Å². The Balaban J connectivity index is 1.46. The Morgan fingerprint density at radius 2 is 1.81 bits per heavy atom. The molecule has 5 nitrogen and oxygen atoms in total. The van der Waals surface area contributed by atoms with Crippen LogP contribution in [-0.2, 0) is 13.0 Å². The number of nitrogens with zero attached hydrogens (tertiary/aromatic N) is 3. The smallest absolute Gasteiger partial charge is 0.278 e. The SMILES string of the molecule is O=C(c1cnc(NCc2ccccc2)cn1)N1CCCc2ccccc21. The van der Waals surface area contributed by atoms with Gasteiger partial charge in [-0.05, 0) is 30.0 Å². The van der Waals surface area contributed by atoms with E-state index in [4.69, 9.17) is 0 Å². The van der Waals surface area contributed by atoms with Gasteiger partial charge in [0.2, 0.25) is 0 Å². The highest BCUT2D eigenvalue weighted by atomic mass is 16.2. The van der Waals surface area contributed by atoms with Gasteiger partial charge in [0.25, 0.3) is 5.91 Å². The third kappa shape index (κ3) is 3.42. The molecule has 0 spiro atoms. The van der Waals surface area contributed by atoms with E-state index in [0.717, 1.165) is 18.5 Å². The summed E-state index contributed by atoms with van der Waals surface area (Å²) in [6.07, 6.45) is 5.14. The van der Waals surface area contributed by atoms with Crippen LogP contribution >= 0.6 is 0 Å². The number of nitrogens with one attached hydrogen (secondary N) is 1. The molecular weight excluding hydrogens is 324 g/mol. The van der Waals surface area contributed by atoms with Crippen molar-refractivity contribution in [3.63, 3.8) is 0 Å². The van der Waals surface area contributed by atoms with Crippen molar-refractivity contribution in [1.82, 2.24) is 9.97 Å². The zero-order chi connectivity index (χ0) is 17.8. The van der Waals surface area contributed by atoms with Crippen LogP contribution in [0.3, 0.4) is 0 Å². The minimum Gasteiger partial charge on any atom is -0.365 e. The Labute approximate surface area is 152 Å². The number of anilines is 2. The molecule has 130 valence electrons. The van der Waals surface area contributed by atoms with E-state index in [2.05, 4.69) is 21.4 Å². The second-order valence-electron chi connectivity index (χ2n) is 6.32. The van der Waals surface area contributed by atoms with Gasteiger partial charge < -0.3 is 10.2 Å². The maximum Gasteiger partial charge on any atom is 0.278 e. The van der Waals surface area contributed by atoms with Crippen LogP contribution in [-0.4, -0.2) is 22.4 Å². The average molecular weight is 344 g/mol. The molecule has 2 heterocycles. The lowest BCUT2D eigenvalue weighted by atomic mass is 10.0. The summed E-state index contributed by atoms with van der Waals surface area (Å²) in [5.74, 6) is 0.559. The largest absolute Gasteiger partial charge is 0.365 e. The van der Waals surface area contributed by atoms with E-state index in [-0.39, 0.29) is 5.91 Å². The molecule has 0 bridgehead atoms. The van der Waals surface area contributed by atoms with Gasteiger partial charge in [0.05, 0.1) is 12.4 Å². The van der Waals surface area contributed by atoms with Crippen molar-refractivity contribution < 1.29 is 4.79 Å². The molecule has 1 aliphatic heterocycles. The van der Waals surface area contributed by atoms with E-state index in [0.29, 0.717) is 24.6 Å². The number of rotatable bonds is 4. The van der Waals surface area contributed by atoms with Crippen LogP contribution in [0.15, 0.2) is 67.0 Å². The van der Waals surface area contributed by atoms with Crippen molar-refractivity contribution in [2.75, 3.05) is 16.8 Å². The Morgan fingerprint density at radius 3 is 2.62 bits per heavy atom. The average Bonchev–Trinajstić information content (AvgIpc) is 2.72. The quantitative estimate of drug-likeness (QED) is 0.784. The third-order valence-corrected chi connectivity index (χ3v) is 4.54. The van der Waals surface area contributed by atoms with E-state index in [1.807, 2.05) is 48.5 Å². The van der Waals surface area contributed by atoms with Crippen LogP contribution in [0.1, 0.15) is 28.0 Å². The Morgan fingerprint density at radius 1 is 1.00 bits per heavy atom. The number of aromatic nitrogens is 2. The summed E-state index contributed by atoms with van der Waals surface area (Å²) in [6.45, 7) is 1.38. The number of carbonyl (C=O) groups is 1. The summed E-state index contributed by atoms with van der Waals surface area (Å²) in [5, 5.41) is 3.22. The first-order chi connectivity index (χ1) is 12.8. The molecular formula is C21H20N4O. The van der Waals surface area contributed by atoms with Gasteiger partial charge in [-0.3, -0.25) is 4.79 Å². The standard InChI is InChI=1S/C21H20N4O/c26-21(25-12-6-10-17-9-4-5-11-19(17)25)18-14-24-20(15-22-18)23-13-16-7-2-1-3-8-16/h1-5,7-9,11,14-15H,6,10,12-13H2,(H,23,24). The maximum absolute atomic E-state index is 12.9. The molecule has 4 rings (SSSR count). The van der Waals surface area contributed by atoms with Crippen LogP contribution in [0.5, 0.6) is 0 Å². The molecule has 1 N–H and O–H groups in total. The van der Waals surface area contributed by atoms with E-state index in [1.54, 1.807) is 17.3 Å². The molecule has 0 radical (unpaired) electrons. The fraction of sp³-hybridized carbons (Fsp3) is 0.190. The minimum atomic E-state index is -0.0979. The van der Waals surface area contributed by atoms with Crippen LogP contribution in [0, 0.1) is 0 Å². The van der Waals surface area contributed by atoms with Crippen molar-refractivity contribution in [1.29, 1.82) is 0 Å². The topological polar surface area (TPSA) is 58.1 Å². The van der Waals surface area contributed by atoms with Gasteiger partial charge in [-0.2, -0.15) is 0 Å². The lowest BCUT2D eigenvalue weighted by Gasteiger charge is -2.29. The predicted octanol–water partition coefficient (Wildman–Crippen LogP) is 3.68. The lowest BCUT2D eigenvalue weighted by molar-refractivity contribution is 0.0980. The molecule has 2 aromatic carbocycles. The van der Waals surface area contributed by atoms with Crippen molar-refractivity contribution >= 4 is 17.4 Å². The first kappa shape index (κ1) is 16.3. The fourth-order valence-corrected chi connectivity index (χ4v) is 3.20. The number of hydrogen-bond donors (Lipinski definition) is 1. The van der Waals surface area contributed by atoms with E-state index >= 15 is 0 Å². The monoisotopic (exact) mass is 344 g/mol. The number of para-hydroxylation sites is 1. The molecule has 0 saturated heterocycles. The van der Waals surface area contributed by atoms with Crippen LogP contribution in [0.4, 0.5) is 11.5 Å². The number of carbonyl (C=O) groups excluding carboxylic acids is 1. The molecule has 0 aliphatic carbocycles. The van der Waals surface area contributed by atoms with Crippen molar-refractivity contribution in [3.05, 3.63) is 83.8 Å². The van der Waals surface area contributed by atoms with Crippen molar-refractivity contribution in [2.45, 2.75) is 19.4 Å². The number of aryl methyl sites for hydroxylation is 1. The highest BCUT2D eigenvalue weighted by Crippen LogP contribution is 2.27. The molecule has 26 heavy (non-hydrogen) atoms. The molecule has 0 saturated carbocycles. The molecule has 3 aromatic rings. The lowest BCUT2D eigenvalue weighted by Crippen LogP contribution is -2.36. The second kappa shape index (κ2) is 7.35. The Hall–Kier alpha value is -3.21. The number of benzene rings is 2. The molecule has 0 fully saturated rings. The molecule has 1 aromatic heterocycles. The fourth-order valence-electron chi connectivity index (χ4n) is 3.20. The number of amides is 1. The van der Waals surface area contributed by atoms with Crippen molar-refractivity contribution in [3.8, 4) is 0 Å². The predicted molar refractivity (Wildman–Crippen MR) is 102 cm³/mol. The third-order valence-electron chi connectivity index (χ3n) is 4.54. The van der Waals surface area contributed by atoms with Gasteiger partial charge in [-0.1, -0.05) is 48.5 Å². The van der Waals surface area contributed by atoms with Crippen LogP contribution in [0.2, 0.25) is 0 Å². The molecule has 0 unspecified atom stereocenters. The van der Waals surface area contributed by atoms with Gasteiger partial charge in [-0.15, -0.1) is 0 Å². The molecule has 0 atom stereocenters. The Bertz CT molecular complexity index is 893. The second-order valence-corrected chi connectivity index (χ2v) is 6.32. The van der Waals surface area contributed by atoms with Gasteiger partial charge in [0, 0.05) is 18.8 Å². The first-order valence-corrected chi connectivity index (χ1v) is 8.81. The zero-order valence-electron chi connectivity index (χ0n) is 14.4. The summed E-state index contributed by atoms with van der Waals surface area (Å²) < 4.78 is 0. The summed E-state index contributed by atoms with van der Waals surface area (Å²) in [6, 6.07) is 18.1. The molecule has 1 amide bonds.